The Bertz CT molecular complexity index is 657. The zero-order valence-corrected chi connectivity index (χ0v) is 9.78. The first-order chi connectivity index (χ1) is 9.15. The molecule has 2 rings (SSSR count). The van der Waals surface area contributed by atoms with Crippen LogP contribution in [-0.2, 0) is 6.54 Å². The Morgan fingerprint density at radius 3 is 3.00 bits per heavy atom. The molecule has 0 spiro atoms. The second-order valence-electron chi connectivity index (χ2n) is 3.74. The second kappa shape index (κ2) is 5.16. The molecule has 0 radical (unpaired) electrons. The van der Waals surface area contributed by atoms with Crippen LogP contribution >= 0.6 is 0 Å². The van der Waals surface area contributed by atoms with Gasteiger partial charge in [-0.3, -0.25) is 16.0 Å². The van der Waals surface area contributed by atoms with E-state index in [9.17, 15) is 10.1 Å². The van der Waals surface area contributed by atoms with Gasteiger partial charge in [0.15, 0.2) is 0 Å². The number of aromatic nitrogens is 2. The molecule has 0 fully saturated rings. The Labute approximate surface area is 108 Å². The lowest BCUT2D eigenvalue weighted by molar-refractivity contribution is -0.384. The topological polar surface area (TPSA) is 123 Å². The quantitative estimate of drug-likeness (QED) is 0.479. The van der Waals surface area contributed by atoms with Crippen LogP contribution in [0.25, 0.3) is 0 Å². The molecule has 0 unspecified atom stereocenters. The Balaban J connectivity index is 2.34. The smallest absolute Gasteiger partial charge is 0.293 e. The number of hydrazine groups is 1. The van der Waals surface area contributed by atoms with Gasteiger partial charge in [0.1, 0.15) is 11.8 Å². The fourth-order valence-corrected chi connectivity index (χ4v) is 1.70. The van der Waals surface area contributed by atoms with Gasteiger partial charge in [-0.15, -0.1) is 0 Å². The summed E-state index contributed by atoms with van der Waals surface area (Å²) in [7, 11) is 0. The van der Waals surface area contributed by atoms with E-state index in [-0.39, 0.29) is 17.2 Å². The van der Waals surface area contributed by atoms with E-state index in [0.29, 0.717) is 12.1 Å². The predicted molar refractivity (Wildman–Crippen MR) is 67.0 cm³/mol. The number of nitrogens with zero attached hydrogens (tertiary/aromatic N) is 4. The summed E-state index contributed by atoms with van der Waals surface area (Å²) in [5.41, 5.74) is 3.08. The summed E-state index contributed by atoms with van der Waals surface area (Å²) in [5.74, 6) is 5.46. The largest absolute Gasteiger partial charge is 0.318 e. The van der Waals surface area contributed by atoms with Gasteiger partial charge >= 0.3 is 0 Å². The highest BCUT2D eigenvalue weighted by Crippen LogP contribution is 2.25. The van der Waals surface area contributed by atoms with Crippen molar-refractivity contribution in [3.63, 3.8) is 0 Å². The maximum absolute atomic E-state index is 10.9. The number of nitro groups is 1. The van der Waals surface area contributed by atoms with Crippen molar-refractivity contribution in [2.45, 2.75) is 6.54 Å². The Morgan fingerprint density at radius 2 is 2.37 bits per heavy atom. The molecule has 8 heteroatoms. The van der Waals surface area contributed by atoms with Gasteiger partial charge in [0.25, 0.3) is 5.69 Å². The summed E-state index contributed by atoms with van der Waals surface area (Å²) < 4.78 is 1.61. The maximum Gasteiger partial charge on any atom is 0.293 e. The molecule has 0 saturated carbocycles. The van der Waals surface area contributed by atoms with Crippen molar-refractivity contribution in [3.05, 3.63) is 52.1 Å². The first kappa shape index (κ1) is 12.5. The summed E-state index contributed by atoms with van der Waals surface area (Å²) in [6, 6.07) is 6.58. The van der Waals surface area contributed by atoms with E-state index in [4.69, 9.17) is 11.1 Å². The number of hydrogen-bond donors (Lipinski definition) is 2. The first-order valence-corrected chi connectivity index (χ1v) is 5.31. The molecule has 0 aliphatic rings. The average Bonchev–Trinajstić information content (AvgIpc) is 2.85. The molecule has 8 nitrogen and oxygen atoms in total. The number of imidazole rings is 1. The zero-order valence-electron chi connectivity index (χ0n) is 9.78. The predicted octanol–water partition coefficient (Wildman–Crippen LogP) is 0.997. The average molecular weight is 258 g/mol. The van der Waals surface area contributed by atoms with E-state index in [1.165, 1.54) is 18.3 Å². The van der Waals surface area contributed by atoms with Crippen molar-refractivity contribution in [1.82, 2.24) is 9.55 Å². The van der Waals surface area contributed by atoms with Crippen molar-refractivity contribution in [2.75, 3.05) is 5.43 Å². The molecule has 19 heavy (non-hydrogen) atoms. The summed E-state index contributed by atoms with van der Waals surface area (Å²) >= 11 is 0. The zero-order chi connectivity index (χ0) is 13.8. The number of anilines is 1. The lowest BCUT2D eigenvalue weighted by atomic mass is 10.1. The third-order valence-corrected chi connectivity index (χ3v) is 2.58. The minimum absolute atomic E-state index is 0.112. The van der Waals surface area contributed by atoms with E-state index >= 15 is 0 Å². The van der Waals surface area contributed by atoms with Crippen LogP contribution in [0.3, 0.4) is 0 Å². The van der Waals surface area contributed by atoms with Crippen LogP contribution in [0.5, 0.6) is 0 Å². The van der Waals surface area contributed by atoms with Crippen molar-refractivity contribution < 1.29 is 4.92 Å². The molecule has 0 bridgehead atoms. The number of nitrogen functional groups attached to an aromatic ring is 1. The standard InChI is InChI=1S/C11H10N6O2/c12-6-11-14-3-4-16(11)7-8-1-2-9(15-13)10(5-8)17(18)19/h1-5,15H,7,13H2. The van der Waals surface area contributed by atoms with Gasteiger partial charge in [-0.1, -0.05) is 6.07 Å². The van der Waals surface area contributed by atoms with Crippen molar-refractivity contribution in [1.29, 1.82) is 5.26 Å². The highest BCUT2D eigenvalue weighted by atomic mass is 16.6. The highest BCUT2D eigenvalue weighted by Gasteiger charge is 2.14. The normalized spacial score (nSPS) is 9.89. The number of rotatable bonds is 4. The third kappa shape index (κ3) is 2.51. The van der Waals surface area contributed by atoms with E-state index in [0.717, 1.165) is 0 Å². The second-order valence-corrected chi connectivity index (χ2v) is 3.74. The number of benzene rings is 1. The van der Waals surface area contributed by atoms with Gasteiger partial charge in [0.2, 0.25) is 5.82 Å². The molecule has 0 aliphatic carbocycles. The lowest BCUT2D eigenvalue weighted by Crippen LogP contribution is -2.10. The maximum atomic E-state index is 10.9. The Morgan fingerprint density at radius 1 is 1.58 bits per heavy atom. The van der Waals surface area contributed by atoms with Gasteiger partial charge < -0.3 is 9.99 Å². The number of nitro benzene ring substituents is 1. The fourth-order valence-electron chi connectivity index (χ4n) is 1.70. The molecule has 96 valence electrons. The minimum Gasteiger partial charge on any atom is -0.318 e. The molecule has 3 N–H and O–H groups in total. The molecule has 0 atom stereocenters. The van der Waals surface area contributed by atoms with Crippen LogP contribution in [0.4, 0.5) is 11.4 Å². The lowest BCUT2D eigenvalue weighted by Gasteiger charge is -2.06. The van der Waals surface area contributed by atoms with Crippen molar-refractivity contribution in [2.24, 2.45) is 5.84 Å². The van der Waals surface area contributed by atoms with Crippen LogP contribution in [-0.4, -0.2) is 14.5 Å². The molecule has 1 aromatic heterocycles. The highest BCUT2D eigenvalue weighted by molar-refractivity contribution is 5.61. The van der Waals surface area contributed by atoms with Gasteiger partial charge in [-0.2, -0.15) is 5.26 Å². The summed E-state index contributed by atoms with van der Waals surface area (Å²) in [6.45, 7) is 0.328. The van der Waals surface area contributed by atoms with Gasteiger partial charge in [0.05, 0.1) is 4.92 Å². The molecular weight excluding hydrogens is 248 g/mol. The third-order valence-electron chi connectivity index (χ3n) is 2.58. The minimum atomic E-state index is -0.516. The summed E-state index contributed by atoms with van der Waals surface area (Å²) in [5, 5.41) is 19.7. The van der Waals surface area contributed by atoms with Crippen LogP contribution in [0, 0.1) is 21.4 Å². The molecule has 2 aromatic rings. The van der Waals surface area contributed by atoms with Crippen molar-refractivity contribution >= 4 is 11.4 Å². The van der Waals surface area contributed by atoms with Gasteiger partial charge in [-0.25, -0.2) is 4.98 Å². The van der Waals surface area contributed by atoms with Crippen LogP contribution < -0.4 is 11.3 Å². The Kier molecular flexibility index (Phi) is 3.40. The SMILES string of the molecule is N#Cc1nccn1Cc1ccc(NN)c([N+](=O)[O-])c1. The molecule has 1 heterocycles. The summed E-state index contributed by atoms with van der Waals surface area (Å²) in [6.07, 6.45) is 3.14. The first-order valence-electron chi connectivity index (χ1n) is 5.31. The summed E-state index contributed by atoms with van der Waals surface area (Å²) in [4.78, 5) is 14.2. The Hall–Kier alpha value is -2.92. The number of nitrogens with two attached hydrogens (primary N) is 1. The number of nitrogens with one attached hydrogen (secondary N) is 1. The van der Waals surface area contributed by atoms with Gasteiger partial charge in [-0.05, 0) is 11.6 Å². The van der Waals surface area contributed by atoms with E-state index in [2.05, 4.69) is 10.4 Å². The number of hydrogen-bond acceptors (Lipinski definition) is 6. The van der Waals surface area contributed by atoms with Crippen LogP contribution in [0.2, 0.25) is 0 Å². The van der Waals surface area contributed by atoms with Gasteiger partial charge in [0, 0.05) is 25.0 Å². The fraction of sp³-hybridized carbons (Fsp3) is 0.0909. The molecule has 0 saturated heterocycles. The molecule has 0 amide bonds. The monoisotopic (exact) mass is 258 g/mol. The van der Waals surface area contributed by atoms with E-state index < -0.39 is 4.92 Å². The van der Waals surface area contributed by atoms with Crippen LogP contribution in [0.1, 0.15) is 11.4 Å². The number of nitriles is 1. The van der Waals surface area contributed by atoms with Crippen LogP contribution in [0.15, 0.2) is 30.6 Å². The molecular formula is C11H10N6O2. The molecule has 1 aromatic carbocycles. The van der Waals surface area contributed by atoms with E-state index in [1.807, 2.05) is 6.07 Å². The van der Waals surface area contributed by atoms with E-state index in [1.54, 1.807) is 16.8 Å². The molecule has 0 aliphatic heterocycles. The van der Waals surface area contributed by atoms with Crippen molar-refractivity contribution in [3.8, 4) is 6.07 Å².